The Labute approximate surface area is 253 Å². The van der Waals surface area contributed by atoms with Crippen LogP contribution in [0.3, 0.4) is 0 Å². The summed E-state index contributed by atoms with van der Waals surface area (Å²) < 4.78 is 28.9. The number of allylic oxidation sites excluding steroid dienone is 1. The minimum Gasteiger partial charge on any atom is -0.413 e. The summed E-state index contributed by atoms with van der Waals surface area (Å²) in [5, 5.41) is 2.07. The third kappa shape index (κ3) is 7.72. The molecule has 3 atom stereocenters. The summed E-state index contributed by atoms with van der Waals surface area (Å²) in [4.78, 5) is 0. The highest BCUT2D eigenvalue weighted by molar-refractivity contribution is 7.79. The zero-order chi connectivity index (χ0) is 30.9. The van der Waals surface area contributed by atoms with Crippen LogP contribution in [0.5, 0.6) is 0 Å². The van der Waals surface area contributed by atoms with Crippen molar-refractivity contribution >= 4 is 34.4 Å². The van der Waals surface area contributed by atoms with Crippen molar-refractivity contribution in [1.29, 1.82) is 0 Å². The Morgan fingerprint density at radius 3 is 1.73 bits per heavy atom. The third-order valence-electron chi connectivity index (χ3n) is 9.84. The molecule has 0 saturated heterocycles. The Morgan fingerprint density at radius 2 is 1.29 bits per heavy atom. The Kier molecular flexibility index (Phi) is 10.5. The molecular formula is C35H55O3PSi2. The highest BCUT2D eigenvalue weighted by atomic mass is 31.2. The normalized spacial score (nSPS) is 21.2. The smallest absolute Gasteiger partial charge is 0.192 e. The lowest BCUT2D eigenvalue weighted by atomic mass is 9.85. The Balaban J connectivity index is 1.97. The highest BCUT2D eigenvalue weighted by Gasteiger charge is 2.44. The van der Waals surface area contributed by atoms with E-state index in [1.165, 1.54) is 5.57 Å². The van der Waals surface area contributed by atoms with Crippen molar-refractivity contribution in [3.8, 4) is 0 Å². The van der Waals surface area contributed by atoms with Crippen LogP contribution in [-0.2, 0) is 13.4 Å². The second-order valence-electron chi connectivity index (χ2n) is 15.0. The largest absolute Gasteiger partial charge is 0.413 e. The molecular weight excluding hydrogens is 556 g/mol. The fourth-order valence-electron chi connectivity index (χ4n) is 5.02. The molecule has 0 aliphatic heterocycles. The summed E-state index contributed by atoms with van der Waals surface area (Å²) in [6.45, 7) is 29.8. The van der Waals surface area contributed by atoms with Crippen LogP contribution in [0.15, 0.2) is 84.5 Å². The van der Waals surface area contributed by atoms with Crippen LogP contribution in [0.4, 0.5) is 0 Å². The van der Waals surface area contributed by atoms with Gasteiger partial charge in [0.15, 0.2) is 16.6 Å². The van der Waals surface area contributed by atoms with E-state index < -0.39 is 23.8 Å². The first-order valence-corrected chi connectivity index (χ1v) is 22.8. The van der Waals surface area contributed by atoms with Crippen LogP contribution in [0.1, 0.15) is 67.7 Å². The monoisotopic (exact) mass is 610 g/mol. The van der Waals surface area contributed by atoms with Gasteiger partial charge in [-0.25, -0.2) is 0 Å². The van der Waals surface area contributed by atoms with E-state index in [2.05, 4.69) is 87.3 Å². The third-order valence-corrected chi connectivity index (χ3v) is 22.4. The van der Waals surface area contributed by atoms with E-state index in [0.29, 0.717) is 6.42 Å². The lowest BCUT2D eigenvalue weighted by Gasteiger charge is -2.45. The number of rotatable bonds is 9. The molecule has 0 aromatic heterocycles. The van der Waals surface area contributed by atoms with E-state index >= 15 is 0 Å². The first-order chi connectivity index (χ1) is 18.8. The van der Waals surface area contributed by atoms with Gasteiger partial charge >= 0.3 is 0 Å². The Morgan fingerprint density at radius 1 is 0.854 bits per heavy atom. The molecule has 0 spiro atoms. The zero-order valence-electron chi connectivity index (χ0n) is 27.6. The lowest BCUT2D eigenvalue weighted by Crippen LogP contribution is -2.49. The minimum atomic E-state index is -2.87. The second-order valence-corrected chi connectivity index (χ2v) is 27.7. The van der Waals surface area contributed by atoms with Crippen molar-refractivity contribution < 1.29 is 13.4 Å². The standard InChI is InChI=1S/C35H55O3PSi2/c1-27(39(36,31-19-15-13-16-20-31)32-21-17-14-18-22-32)23-24-29-25-30(37-40(9,10)34(3,4)5)26-33(28(29)2)38-41(11,12)35(6,7)8/h13-22,24,27,30,33H,2,23,25-26H2,1,3-12H3/b29-24-/t27?,30-,33+/m1/s1. The highest BCUT2D eigenvalue weighted by Crippen LogP contribution is 2.50. The molecule has 3 nitrogen and oxygen atoms in total. The van der Waals surface area contributed by atoms with Gasteiger partial charge in [0.05, 0.1) is 12.2 Å². The summed E-state index contributed by atoms with van der Waals surface area (Å²) >= 11 is 0. The summed E-state index contributed by atoms with van der Waals surface area (Å²) in [7, 11) is -6.87. The van der Waals surface area contributed by atoms with Crippen molar-refractivity contribution in [3.05, 3.63) is 84.5 Å². The molecule has 0 heterocycles. The number of benzene rings is 2. The molecule has 1 aliphatic carbocycles. The first kappa shape index (κ1) is 34.0. The average molecular weight is 611 g/mol. The van der Waals surface area contributed by atoms with Crippen LogP contribution in [-0.4, -0.2) is 34.5 Å². The quantitative estimate of drug-likeness (QED) is 0.209. The molecule has 1 unspecified atom stereocenters. The summed E-state index contributed by atoms with van der Waals surface area (Å²) in [6.07, 6.45) is 4.71. The van der Waals surface area contributed by atoms with Crippen molar-refractivity contribution in [2.24, 2.45) is 0 Å². The van der Waals surface area contributed by atoms with Gasteiger partial charge in [-0.05, 0) is 60.3 Å². The van der Waals surface area contributed by atoms with E-state index in [1.54, 1.807) is 0 Å². The van der Waals surface area contributed by atoms with Crippen molar-refractivity contribution in [2.75, 3.05) is 0 Å². The molecule has 1 aliphatic rings. The maximum absolute atomic E-state index is 14.9. The van der Waals surface area contributed by atoms with Crippen molar-refractivity contribution in [2.45, 2.75) is 122 Å². The fraction of sp³-hybridized carbons (Fsp3) is 0.543. The van der Waals surface area contributed by atoms with Gasteiger partial charge in [-0.2, -0.15) is 0 Å². The molecule has 0 bridgehead atoms. The SMILES string of the molecule is C=C1/C(=C\CC(C)P(=O)(c2ccccc2)c2ccccc2)C[C@@H](O[Si](C)(C)C(C)(C)C)C[C@@H]1O[Si](C)(C)C(C)(C)C. The van der Waals surface area contributed by atoms with Crippen molar-refractivity contribution in [1.82, 2.24) is 0 Å². The molecule has 3 rings (SSSR count). The van der Waals surface area contributed by atoms with Crippen LogP contribution in [0.2, 0.25) is 36.3 Å². The number of hydrogen-bond donors (Lipinski definition) is 0. The van der Waals surface area contributed by atoms with Gasteiger partial charge in [-0.15, -0.1) is 0 Å². The predicted molar refractivity (Wildman–Crippen MR) is 184 cm³/mol. The van der Waals surface area contributed by atoms with Crippen LogP contribution >= 0.6 is 7.14 Å². The molecule has 1 saturated carbocycles. The average Bonchev–Trinajstić information content (AvgIpc) is 2.88. The van der Waals surface area contributed by atoms with E-state index in [4.69, 9.17) is 8.85 Å². The molecule has 2 aromatic carbocycles. The van der Waals surface area contributed by atoms with Crippen LogP contribution in [0, 0.1) is 0 Å². The summed E-state index contributed by atoms with van der Waals surface area (Å²) in [5.41, 5.74) is 2.23. The predicted octanol–water partition coefficient (Wildman–Crippen LogP) is 9.84. The van der Waals surface area contributed by atoms with Gasteiger partial charge in [-0.3, -0.25) is 0 Å². The topological polar surface area (TPSA) is 35.5 Å². The summed E-state index contributed by atoms with van der Waals surface area (Å²) in [6, 6.07) is 20.0. The molecule has 226 valence electrons. The zero-order valence-corrected chi connectivity index (χ0v) is 30.5. The molecule has 1 fully saturated rings. The molecule has 2 aromatic rings. The van der Waals surface area contributed by atoms with Crippen molar-refractivity contribution in [3.63, 3.8) is 0 Å². The molecule has 0 N–H and O–H groups in total. The maximum atomic E-state index is 14.9. The number of hydrogen-bond acceptors (Lipinski definition) is 3. The van der Waals surface area contributed by atoms with Gasteiger partial charge in [0.25, 0.3) is 0 Å². The van der Waals surface area contributed by atoms with Crippen LogP contribution in [0.25, 0.3) is 0 Å². The van der Waals surface area contributed by atoms with Gasteiger partial charge in [0, 0.05) is 22.7 Å². The maximum Gasteiger partial charge on any atom is 0.192 e. The molecule has 6 heteroatoms. The minimum absolute atomic E-state index is 0.0592. The molecule has 0 amide bonds. The molecule has 41 heavy (non-hydrogen) atoms. The van der Waals surface area contributed by atoms with E-state index in [-0.39, 0.29) is 27.9 Å². The summed E-state index contributed by atoms with van der Waals surface area (Å²) in [5.74, 6) is 0. The van der Waals surface area contributed by atoms with Gasteiger partial charge in [-0.1, -0.05) is 122 Å². The van der Waals surface area contributed by atoms with Gasteiger partial charge in [0.2, 0.25) is 0 Å². The lowest BCUT2D eigenvalue weighted by molar-refractivity contribution is 0.0968. The molecule has 0 radical (unpaired) electrons. The van der Waals surface area contributed by atoms with Gasteiger partial charge in [0.1, 0.15) is 7.14 Å². The fourth-order valence-corrected chi connectivity index (χ4v) is 10.6. The van der Waals surface area contributed by atoms with Gasteiger partial charge < -0.3 is 13.4 Å². The van der Waals surface area contributed by atoms with Crippen LogP contribution < -0.4 is 10.6 Å². The Hall–Kier alpha value is -1.50. The Bertz CT molecular complexity index is 1210. The first-order valence-electron chi connectivity index (χ1n) is 15.2. The second kappa shape index (κ2) is 12.6. The van der Waals surface area contributed by atoms with E-state index in [9.17, 15) is 4.57 Å². The van der Waals surface area contributed by atoms with E-state index in [1.807, 2.05) is 60.7 Å². The van der Waals surface area contributed by atoms with E-state index in [0.717, 1.165) is 29.0 Å².